The fourth-order valence-electron chi connectivity index (χ4n) is 11.1. The number of fused-ring (bicyclic) bond motifs is 19. The fraction of sp³-hybridized carbons (Fsp3) is 0.143. The van der Waals surface area contributed by atoms with E-state index < -0.39 is 0 Å². The van der Waals surface area contributed by atoms with E-state index in [0.717, 1.165) is 0 Å². The lowest BCUT2D eigenvalue weighted by Gasteiger charge is -2.42. The van der Waals surface area contributed by atoms with Crippen LogP contribution in [0, 0.1) is 0 Å². The van der Waals surface area contributed by atoms with E-state index in [2.05, 4.69) is 190 Å². The molecule has 2 aliphatic rings. The van der Waals surface area contributed by atoms with Crippen molar-refractivity contribution in [2.24, 2.45) is 0 Å². The van der Waals surface area contributed by atoms with Crippen molar-refractivity contribution >= 4 is 145 Å². The zero-order valence-electron chi connectivity index (χ0n) is 35.5. The van der Waals surface area contributed by atoms with Gasteiger partial charge in [-0.15, -0.1) is 34.0 Å². The van der Waals surface area contributed by atoms with Crippen molar-refractivity contribution in [3.8, 4) is 16.8 Å². The van der Waals surface area contributed by atoms with Crippen LogP contribution >= 0.6 is 34.0 Å². The molecule has 0 bridgehead atoms. The Hall–Kier alpha value is -5.92. The van der Waals surface area contributed by atoms with E-state index in [4.69, 9.17) is 0 Å². The van der Waals surface area contributed by atoms with Gasteiger partial charge < -0.3 is 9.38 Å². The smallest absolute Gasteiger partial charge is 0.333 e. The number of hydrogen-bond donors (Lipinski definition) is 0. The zero-order valence-corrected chi connectivity index (χ0v) is 37.9. The molecule has 0 saturated heterocycles. The predicted octanol–water partition coefficient (Wildman–Crippen LogP) is 15.7. The summed E-state index contributed by atoms with van der Waals surface area (Å²) in [6, 6.07) is 54.3. The summed E-state index contributed by atoms with van der Waals surface area (Å²) in [6.07, 6.45) is 0. The fourth-order valence-corrected chi connectivity index (χ4v) is 14.6. The van der Waals surface area contributed by atoms with Gasteiger partial charge in [0.1, 0.15) is 0 Å². The van der Waals surface area contributed by atoms with Gasteiger partial charge in [0.05, 0.1) is 11.0 Å². The molecule has 8 aromatic carbocycles. The van der Waals surface area contributed by atoms with Gasteiger partial charge in [-0.25, -0.2) is 0 Å². The molecular formula is C56H41BN2S3. The van der Waals surface area contributed by atoms with Crippen LogP contribution in [0.2, 0.25) is 0 Å². The van der Waals surface area contributed by atoms with Gasteiger partial charge in [0, 0.05) is 93.9 Å². The Balaban J connectivity index is 1.24. The van der Waals surface area contributed by atoms with Crippen LogP contribution in [0.1, 0.15) is 52.7 Å². The van der Waals surface area contributed by atoms with Crippen molar-refractivity contribution in [3.05, 3.63) is 151 Å². The number of anilines is 2. The lowest BCUT2D eigenvalue weighted by atomic mass is 9.43. The monoisotopic (exact) mass is 848 g/mol. The summed E-state index contributed by atoms with van der Waals surface area (Å²) < 4.78 is 10.8. The largest absolute Gasteiger partial charge is 0.376 e. The molecule has 0 aliphatic carbocycles. The van der Waals surface area contributed by atoms with Gasteiger partial charge in [0.15, 0.2) is 0 Å². The van der Waals surface area contributed by atoms with Crippen molar-refractivity contribution in [1.29, 1.82) is 0 Å². The summed E-state index contributed by atoms with van der Waals surface area (Å²) in [7, 11) is 0. The zero-order chi connectivity index (χ0) is 41.6. The molecule has 296 valence electrons. The van der Waals surface area contributed by atoms with Crippen LogP contribution in [0.15, 0.2) is 140 Å². The molecule has 0 fully saturated rings. The van der Waals surface area contributed by atoms with Crippen LogP contribution < -0.4 is 15.7 Å². The first-order valence-electron chi connectivity index (χ1n) is 21.8. The Kier molecular flexibility index (Phi) is 6.88. The summed E-state index contributed by atoms with van der Waals surface area (Å²) in [6.45, 7) is 13.9. The SMILES string of the molecule is CC(C)(C)c1ccc(N2B3c4cc5sc6ccccc6c5cc4-n4c5ccc(C(C)(C)C)cc5c5c6sc7ccccc7c6c(c3c54)-c3cc4sc5ccccc5c4cc32)cc1. The van der Waals surface area contributed by atoms with Gasteiger partial charge in [-0.1, -0.05) is 114 Å². The summed E-state index contributed by atoms with van der Waals surface area (Å²) in [5.41, 5.74) is 14.7. The van der Waals surface area contributed by atoms with Gasteiger partial charge in [0.25, 0.3) is 0 Å². The molecule has 14 rings (SSSR count). The van der Waals surface area contributed by atoms with Gasteiger partial charge in [-0.2, -0.15) is 0 Å². The van der Waals surface area contributed by atoms with E-state index in [1.165, 1.54) is 133 Å². The average Bonchev–Trinajstić information content (AvgIpc) is 4.02. The van der Waals surface area contributed by atoms with Crippen molar-refractivity contribution in [2.75, 3.05) is 4.81 Å². The molecule has 4 aromatic heterocycles. The molecule has 0 radical (unpaired) electrons. The third kappa shape index (κ3) is 4.60. The highest BCUT2D eigenvalue weighted by Gasteiger charge is 2.46. The first-order valence-corrected chi connectivity index (χ1v) is 24.2. The first-order chi connectivity index (χ1) is 30.0. The average molecular weight is 849 g/mol. The minimum Gasteiger partial charge on any atom is -0.376 e. The standard InChI is InChI=1S/C56H41BN2S3/c1-55(2,3)30-19-22-32(23-20-30)59-42-26-36-33-13-7-10-16-44(33)60-47(36)28-39(42)49-50-35-15-9-12-18-46(35)62-54(50)51-38-25-31(56(4,5)6)21-24-41(38)58-43-27-37-34-14-8-11-17-45(34)61-48(37)29-40(43)57(59)52(49)53(51)58/h7-29H,1-6H3. The Morgan fingerprint density at radius 2 is 1.05 bits per heavy atom. The second kappa shape index (κ2) is 12.0. The molecule has 0 spiro atoms. The Morgan fingerprint density at radius 3 is 1.71 bits per heavy atom. The van der Waals surface area contributed by atoms with Gasteiger partial charge in [0.2, 0.25) is 0 Å². The summed E-state index contributed by atoms with van der Waals surface area (Å²) in [5.74, 6) is 0. The quantitative estimate of drug-likeness (QED) is 0.149. The second-order valence-corrected chi connectivity index (χ2v) is 22.9. The highest BCUT2D eigenvalue weighted by atomic mass is 32.1. The van der Waals surface area contributed by atoms with E-state index in [9.17, 15) is 0 Å². The molecule has 0 N–H and O–H groups in total. The van der Waals surface area contributed by atoms with Crippen LogP contribution in [-0.4, -0.2) is 11.4 Å². The van der Waals surface area contributed by atoms with Crippen LogP contribution in [0.5, 0.6) is 0 Å². The molecule has 12 aromatic rings. The van der Waals surface area contributed by atoms with Crippen LogP contribution in [0.3, 0.4) is 0 Å². The van der Waals surface area contributed by atoms with E-state index in [0.29, 0.717) is 0 Å². The Bertz CT molecular complexity index is 3960. The molecule has 0 saturated carbocycles. The van der Waals surface area contributed by atoms with Crippen LogP contribution in [-0.2, 0) is 10.8 Å². The van der Waals surface area contributed by atoms with Crippen molar-refractivity contribution < 1.29 is 0 Å². The van der Waals surface area contributed by atoms with E-state index in [1.807, 2.05) is 34.0 Å². The number of thiophene rings is 3. The Labute approximate surface area is 372 Å². The van der Waals surface area contributed by atoms with E-state index >= 15 is 0 Å². The van der Waals surface area contributed by atoms with Crippen LogP contribution in [0.25, 0.3) is 99.1 Å². The highest BCUT2D eigenvalue weighted by molar-refractivity contribution is 7.27. The number of hydrogen-bond acceptors (Lipinski definition) is 4. The summed E-state index contributed by atoms with van der Waals surface area (Å²) in [5, 5.41) is 10.8. The lowest BCUT2D eigenvalue weighted by Crippen LogP contribution is -2.60. The third-order valence-corrected chi connectivity index (χ3v) is 17.5. The summed E-state index contributed by atoms with van der Waals surface area (Å²) >= 11 is 5.83. The Morgan fingerprint density at radius 1 is 0.468 bits per heavy atom. The molecule has 2 nitrogen and oxygen atoms in total. The molecule has 0 amide bonds. The number of nitrogens with zero attached hydrogens (tertiary/aromatic N) is 2. The number of benzene rings is 8. The molecule has 6 heterocycles. The third-order valence-electron chi connectivity index (χ3n) is 14.1. The van der Waals surface area contributed by atoms with Crippen molar-refractivity contribution in [2.45, 2.75) is 52.4 Å². The van der Waals surface area contributed by atoms with Gasteiger partial charge >= 0.3 is 6.85 Å². The van der Waals surface area contributed by atoms with E-state index in [-0.39, 0.29) is 17.7 Å². The topological polar surface area (TPSA) is 8.17 Å². The second-order valence-electron chi connectivity index (χ2n) is 19.7. The normalized spacial score (nSPS) is 13.9. The van der Waals surface area contributed by atoms with Gasteiger partial charge in [-0.3, -0.25) is 0 Å². The van der Waals surface area contributed by atoms with Crippen molar-refractivity contribution in [1.82, 2.24) is 4.57 Å². The van der Waals surface area contributed by atoms with Gasteiger partial charge in [-0.05, 0) is 105 Å². The maximum absolute atomic E-state index is 2.73. The minimum atomic E-state index is -0.0746. The maximum Gasteiger partial charge on any atom is 0.333 e. The summed E-state index contributed by atoms with van der Waals surface area (Å²) in [4.78, 5) is 2.73. The predicted molar refractivity (Wildman–Crippen MR) is 276 cm³/mol. The minimum absolute atomic E-state index is 0.00303. The first kappa shape index (κ1) is 35.7. The molecule has 6 heteroatoms. The lowest BCUT2D eigenvalue weighted by molar-refractivity contribution is 0.590. The molecule has 0 unspecified atom stereocenters. The molecular weight excluding hydrogens is 808 g/mol. The highest BCUT2D eigenvalue weighted by Crippen LogP contribution is 2.54. The molecule has 2 aliphatic heterocycles. The van der Waals surface area contributed by atoms with Crippen molar-refractivity contribution in [3.63, 3.8) is 0 Å². The molecule has 0 atom stereocenters. The molecule has 62 heavy (non-hydrogen) atoms. The maximum atomic E-state index is 2.73. The van der Waals surface area contributed by atoms with E-state index in [1.54, 1.807) is 0 Å². The number of aromatic nitrogens is 1. The van der Waals surface area contributed by atoms with Crippen LogP contribution in [0.4, 0.5) is 11.4 Å². The number of rotatable bonds is 1.